The first-order valence-corrected chi connectivity index (χ1v) is 1.50. The van der Waals surface area contributed by atoms with E-state index in [4.69, 9.17) is 0 Å². The molecule has 0 spiro atoms. The molecule has 0 unspecified atom stereocenters. The maximum absolute atomic E-state index is 11.3. The molecule has 0 N–H and O–H groups in total. The summed E-state index contributed by atoms with van der Waals surface area (Å²) in [5, 5.41) is 0. The van der Waals surface area contributed by atoms with E-state index in [1.807, 2.05) is 0 Å². The number of Topliss-reactive ketones (excluding diaryl/α,β-unsaturated/α-hetero) is 1. The number of hydrogen-bond donors (Lipinski definition) is 0. The summed E-state index contributed by atoms with van der Waals surface area (Å²) in [7, 11) is 0. The first-order valence-electron chi connectivity index (χ1n) is 1.50. The molecule has 0 bridgehead atoms. The van der Waals surface area contributed by atoms with Gasteiger partial charge < -0.3 is 0 Å². The largest absolute Gasteiger partial charge is 0.292 e. The number of carbonyl (C=O) groups excluding carboxylic acids is 1. The molecule has 0 aromatic carbocycles. The van der Waals surface area contributed by atoms with Gasteiger partial charge in [-0.15, -0.1) is 0 Å². The summed E-state index contributed by atoms with van der Waals surface area (Å²) in [5.41, 5.74) is 0. The highest BCUT2D eigenvalue weighted by Crippen LogP contribution is 1.88. The summed E-state index contributed by atoms with van der Waals surface area (Å²) < 4.78 is 11.3. The van der Waals surface area contributed by atoms with E-state index >= 15 is 0 Å². The molecule has 0 saturated carbocycles. The standard InChI is InChI=1S/C4H5FO/c1-3(5)4(2)6/h1H2,2H3. The molecule has 0 rings (SSSR count). The minimum Gasteiger partial charge on any atom is -0.292 e. The molecule has 0 aliphatic rings. The number of hydrogen-bond acceptors (Lipinski definition) is 1. The predicted molar refractivity (Wildman–Crippen MR) is 20.9 cm³/mol. The van der Waals surface area contributed by atoms with Crippen molar-refractivity contribution in [2.24, 2.45) is 0 Å². The van der Waals surface area contributed by atoms with Crippen LogP contribution >= 0.6 is 0 Å². The lowest BCUT2D eigenvalue weighted by molar-refractivity contribution is -0.114. The summed E-state index contributed by atoms with van der Waals surface area (Å²) in [6.07, 6.45) is 0. The van der Waals surface area contributed by atoms with E-state index in [1.165, 1.54) is 0 Å². The molecule has 0 aromatic heterocycles. The molecule has 0 fully saturated rings. The number of rotatable bonds is 1. The smallest absolute Gasteiger partial charge is 0.187 e. The third-order valence-electron chi connectivity index (χ3n) is 0.382. The minimum atomic E-state index is -0.880. The van der Waals surface area contributed by atoms with Crippen LogP contribution in [-0.4, -0.2) is 5.78 Å². The second-order valence-electron chi connectivity index (χ2n) is 0.961. The van der Waals surface area contributed by atoms with Gasteiger partial charge in [0.25, 0.3) is 0 Å². The van der Waals surface area contributed by atoms with Crippen molar-refractivity contribution in [3.63, 3.8) is 0 Å². The molecule has 0 saturated heterocycles. The molecule has 0 aromatic rings. The van der Waals surface area contributed by atoms with Crippen LogP contribution in [0.1, 0.15) is 6.92 Å². The van der Waals surface area contributed by atoms with Crippen molar-refractivity contribution in [1.29, 1.82) is 0 Å². The Bertz CT molecular complexity index is 73.5. The Morgan fingerprint density at radius 3 is 2.00 bits per heavy atom. The van der Waals surface area contributed by atoms with Crippen LogP contribution in [-0.2, 0) is 4.79 Å². The van der Waals surface area contributed by atoms with E-state index in [1.54, 1.807) is 0 Å². The fourth-order valence-electron chi connectivity index (χ4n) is 0. The third kappa shape index (κ3) is 1.64. The zero-order valence-corrected chi connectivity index (χ0v) is 3.49. The second-order valence-corrected chi connectivity index (χ2v) is 0.961. The van der Waals surface area contributed by atoms with Crippen LogP contribution in [0.3, 0.4) is 0 Å². The summed E-state index contributed by atoms with van der Waals surface area (Å²) in [6, 6.07) is 0. The number of halogens is 1. The van der Waals surface area contributed by atoms with Crippen LogP contribution in [0.2, 0.25) is 0 Å². The molecular weight excluding hydrogens is 83.0 g/mol. The summed E-state index contributed by atoms with van der Waals surface area (Å²) in [5.74, 6) is -1.48. The molecule has 34 valence electrons. The van der Waals surface area contributed by atoms with Crippen molar-refractivity contribution in [3.8, 4) is 0 Å². The quantitative estimate of drug-likeness (QED) is 0.438. The van der Waals surface area contributed by atoms with Gasteiger partial charge in [0.15, 0.2) is 11.6 Å². The average Bonchev–Trinajstić information content (AvgIpc) is 1.36. The molecule has 0 amide bonds. The molecule has 0 aliphatic heterocycles. The van der Waals surface area contributed by atoms with Crippen LogP contribution in [0.4, 0.5) is 4.39 Å². The fraction of sp³-hybridized carbons (Fsp3) is 0.250. The van der Waals surface area contributed by atoms with Gasteiger partial charge in [-0.25, -0.2) is 4.39 Å². The molecule has 0 aliphatic carbocycles. The van der Waals surface area contributed by atoms with Crippen molar-refractivity contribution in [3.05, 3.63) is 12.4 Å². The fourth-order valence-corrected chi connectivity index (χ4v) is 0. The lowest BCUT2D eigenvalue weighted by Crippen LogP contribution is -1.84. The molecule has 1 nitrogen and oxygen atoms in total. The first kappa shape index (κ1) is 5.34. The predicted octanol–water partition coefficient (Wildman–Crippen LogP) is 1.06. The van der Waals surface area contributed by atoms with Crippen LogP contribution < -0.4 is 0 Å². The van der Waals surface area contributed by atoms with Crippen LogP contribution in [0, 0.1) is 0 Å². The molecule has 6 heavy (non-hydrogen) atoms. The van der Waals surface area contributed by atoms with E-state index in [0.717, 1.165) is 6.92 Å². The van der Waals surface area contributed by atoms with Gasteiger partial charge >= 0.3 is 0 Å². The Morgan fingerprint density at radius 1 is 1.83 bits per heavy atom. The second kappa shape index (κ2) is 1.70. The van der Waals surface area contributed by atoms with Gasteiger partial charge in [0, 0.05) is 6.92 Å². The summed E-state index contributed by atoms with van der Waals surface area (Å²) in [4.78, 5) is 9.67. The first-order chi connectivity index (χ1) is 2.64. The Kier molecular flexibility index (Phi) is 1.51. The Morgan fingerprint density at radius 2 is 2.00 bits per heavy atom. The van der Waals surface area contributed by atoms with Crippen LogP contribution in [0.5, 0.6) is 0 Å². The van der Waals surface area contributed by atoms with E-state index < -0.39 is 11.6 Å². The van der Waals surface area contributed by atoms with Crippen molar-refractivity contribution in [1.82, 2.24) is 0 Å². The van der Waals surface area contributed by atoms with E-state index in [9.17, 15) is 9.18 Å². The highest BCUT2D eigenvalue weighted by atomic mass is 19.1. The lowest BCUT2D eigenvalue weighted by atomic mass is 10.4. The number of allylic oxidation sites excluding steroid dienone is 1. The zero-order valence-electron chi connectivity index (χ0n) is 3.49. The van der Waals surface area contributed by atoms with Crippen molar-refractivity contribution in [2.45, 2.75) is 6.92 Å². The number of carbonyl (C=O) groups is 1. The van der Waals surface area contributed by atoms with Gasteiger partial charge in [-0.3, -0.25) is 4.79 Å². The van der Waals surface area contributed by atoms with Gasteiger partial charge in [-0.1, -0.05) is 6.58 Å². The maximum atomic E-state index is 11.3. The van der Waals surface area contributed by atoms with Crippen LogP contribution in [0.15, 0.2) is 12.4 Å². The van der Waals surface area contributed by atoms with E-state index in [0.29, 0.717) is 0 Å². The van der Waals surface area contributed by atoms with Gasteiger partial charge in [-0.2, -0.15) is 0 Å². The van der Waals surface area contributed by atoms with Gasteiger partial charge in [0.1, 0.15) is 0 Å². The SMILES string of the molecule is C=C(F)C(C)=O. The summed E-state index contributed by atoms with van der Waals surface area (Å²) in [6.45, 7) is 3.87. The lowest BCUT2D eigenvalue weighted by Gasteiger charge is -1.75. The Hall–Kier alpha value is -0.660. The molecule has 2 heteroatoms. The van der Waals surface area contributed by atoms with Gasteiger partial charge in [0.2, 0.25) is 0 Å². The molecule has 0 heterocycles. The average molecular weight is 88.1 g/mol. The van der Waals surface area contributed by atoms with Gasteiger partial charge in [-0.05, 0) is 0 Å². The molecular formula is C4H5FO. The molecule has 0 atom stereocenters. The van der Waals surface area contributed by atoms with Crippen LogP contribution in [0.25, 0.3) is 0 Å². The topological polar surface area (TPSA) is 17.1 Å². The Labute approximate surface area is 35.5 Å². The van der Waals surface area contributed by atoms with Crippen molar-refractivity contribution >= 4 is 5.78 Å². The van der Waals surface area contributed by atoms with Crippen molar-refractivity contribution < 1.29 is 9.18 Å². The highest BCUT2D eigenvalue weighted by molar-refractivity contribution is 5.90. The summed E-state index contributed by atoms with van der Waals surface area (Å²) >= 11 is 0. The van der Waals surface area contributed by atoms with E-state index in [2.05, 4.69) is 6.58 Å². The highest BCUT2D eigenvalue weighted by Gasteiger charge is 1.91. The Balaban J connectivity index is 3.57. The maximum Gasteiger partial charge on any atom is 0.187 e. The van der Waals surface area contributed by atoms with E-state index in [-0.39, 0.29) is 0 Å². The minimum absolute atomic E-state index is 0.602. The number of ketones is 1. The third-order valence-corrected chi connectivity index (χ3v) is 0.382. The van der Waals surface area contributed by atoms with Gasteiger partial charge in [0.05, 0.1) is 0 Å². The van der Waals surface area contributed by atoms with Crippen molar-refractivity contribution in [2.75, 3.05) is 0 Å². The zero-order chi connectivity index (χ0) is 5.15. The molecule has 0 radical (unpaired) electrons. The monoisotopic (exact) mass is 88.0 g/mol. The normalized spacial score (nSPS) is 7.67.